The maximum Gasteiger partial charge on any atom is 0.273 e. The summed E-state index contributed by atoms with van der Waals surface area (Å²) < 4.78 is 27.7. The fraction of sp³-hybridized carbons (Fsp3) is 0.294. The van der Waals surface area contributed by atoms with Crippen LogP contribution in [0, 0.1) is 30.9 Å². The van der Waals surface area contributed by atoms with E-state index in [4.69, 9.17) is 0 Å². The highest BCUT2D eigenvalue weighted by molar-refractivity contribution is 7.89. The minimum Gasteiger partial charge on any atom is -0.258 e. The lowest BCUT2D eigenvalue weighted by Gasteiger charge is -2.17. The molecule has 1 N–H and O–H groups in total. The summed E-state index contributed by atoms with van der Waals surface area (Å²) in [6.07, 6.45) is 0. The Morgan fingerprint density at radius 2 is 1.67 bits per heavy atom. The second-order valence-electron chi connectivity index (χ2n) is 5.91. The molecule has 0 aliphatic carbocycles. The highest BCUT2D eigenvalue weighted by atomic mass is 32.2. The van der Waals surface area contributed by atoms with Crippen LogP contribution in [0.4, 0.5) is 5.69 Å². The van der Waals surface area contributed by atoms with Crippen molar-refractivity contribution in [1.29, 1.82) is 0 Å². The van der Waals surface area contributed by atoms with E-state index >= 15 is 0 Å². The van der Waals surface area contributed by atoms with Crippen LogP contribution in [0.15, 0.2) is 41.3 Å². The van der Waals surface area contributed by atoms with Crippen LogP contribution in [0.3, 0.4) is 0 Å². The molecule has 128 valence electrons. The fourth-order valence-corrected chi connectivity index (χ4v) is 3.79. The summed E-state index contributed by atoms with van der Waals surface area (Å²) >= 11 is 0. The van der Waals surface area contributed by atoms with Gasteiger partial charge in [-0.15, -0.1) is 0 Å². The van der Waals surface area contributed by atoms with Gasteiger partial charge in [0.2, 0.25) is 10.0 Å². The summed E-state index contributed by atoms with van der Waals surface area (Å²) in [5, 5.41) is 11.0. The van der Waals surface area contributed by atoms with Crippen LogP contribution in [0.25, 0.3) is 0 Å². The average molecular weight is 348 g/mol. The summed E-state index contributed by atoms with van der Waals surface area (Å²) in [6.45, 7) is 7.17. The van der Waals surface area contributed by atoms with Crippen molar-refractivity contribution in [3.8, 4) is 0 Å². The first kappa shape index (κ1) is 18.1. The minimum atomic E-state index is -3.86. The van der Waals surface area contributed by atoms with Gasteiger partial charge in [0.15, 0.2) is 0 Å². The predicted octanol–water partition coefficient (Wildman–Crippen LogP) is 3.56. The third kappa shape index (κ3) is 3.80. The lowest BCUT2D eigenvalue weighted by atomic mass is 10.0. The van der Waals surface area contributed by atoms with E-state index in [1.165, 1.54) is 12.1 Å². The van der Waals surface area contributed by atoms with E-state index in [0.29, 0.717) is 5.56 Å². The van der Waals surface area contributed by atoms with E-state index in [1.54, 1.807) is 13.8 Å². The molecule has 1 atom stereocenters. The molecule has 0 amide bonds. The zero-order chi connectivity index (χ0) is 18.1. The Balaban J connectivity index is 2.36. The van der Waals surface area contributed by atoms with Crippen LogP contribution in [-0.4, -0.2) is 13.3 Å². The number of rotatable bonds is 5. The van der Waals surface area contributed by atoms with Gasteiger partial charge in [0.05, 0.1) is 9.82 Å². The Labute approximate surface area is 141 Å². The fourth-order valence-electron chi connectivity index (χ4n) is 2.54. The molecular weight excluding hydrogens is 328 g/mol. The van der Waals surface area contributed by atoms with Crippen LogP contribution >= 0.6 is 0 Å². The molecule has 7 heteroatoms. The Bertz CT molecular complexity index is 891. The molecule has 0 bridgehead atoms. The van der Waals surface area contributed by atoms with Crippen LogP contribution < -0.4 is 4.72 Å². The van der Waals surface area contributed by atoms with Crippen LogP contribution in [-0.2, 0) is 10.0 Å². The van der Waals surface area contributed by atoms with Gasteiger partial charge in [0.1, 0.15) is 0 Å². The van der Waals surface area contributed by atoms with Crippen molar-refractivity contribution in [3.63, 3.8) is 0 Å². The van der Waals surface area contributed by atoms with Crippen molar-refractivity contribution >= 4 is 15.7 Å². The molecule has 2 aromatic carbocycles. The third-order valence-electron chi connectivity index (χ3n) is 3.92. The zero-order valence-electron chi connectivity index (χ0n) is 14.0. The van der Waals surface area contributed by atoms with Gasteiger partial charge in [-0.05, 0) is 44.9 Å². The summed E-state index contributed by atoms with van der Waals surface area (Å²) in [5.74, 6) is 0. The van der Waals surface area contributed by atoms with E-state index in [0.717, 1.165) is 22.8 Å². The Kier molecular flexibility index (Phi) is 5.05. The Morgan fingerprint density at radius 1 is 1.04 bits per heavy atom. The number of hydrogen-bond donors (Lipinski definition) is 1. The highest BCUT2D eigenvalue weighted by Gasteiger charge is 2.22. The standard InChI is InChI=1S/C17H20N2O4S/c1-11-5-6-12(2)16(9-11)14(4)18-24(22,23)15-8-7-13(3)17(10-15)19(20)21/h5-10,14,18H,1-4H3/t14-/m1/s1. The van der Waals surface area contributed by atoms with Crippen molar-refractivity contribution in [2.24, 2.45) is 0 Å². The predicted molar refractivity (Wildman–Crippen MR) is 92.5 cm³/mol. The number of nitrogens with one attached hydrogen (secondary N) is 1. The lowest BCUT2D eigenvalue weighted by Crippen LogP contribution is -2.27. The van der Waals surface area contributed by atoms with Gasteiger partial charge in [-0.2, -0.15) is 0 Å². The molecule has 6 nitrogen and oxygen atoms in total. The van der Waals surface area contributed by atoms with Gasteiger partial charge in [0, 0.05) is 17.7 Å². The van der Waals surface area contributed by atoms with Gasteiger partial charge in [0.25, 0.3) is 5.69 Å². The summed E-state index contributed by atoms with van der Waals surface area (Å²) in [5.41, 5.74) is 3.09. The number of benzene rings is 2. The lowest BCUT2D eigenvalue weighted by molar-refractivity contribution is -0.385. The third-order valence-corrected chi connectivity index (χ3v) is 5.46. The normalized spacial score (nSPS) is 12.8. The number of nitro groups is 1. The molecule has 24 heavy (non-hydrogen) atoms. The maximum absolute atomic E-state index is 12.6. The largest absolute Gasteiger partial charge is 0.273 e. The van der Waals surface area contributed by atoms with Gasteiger partial charge < -0.3 is 0 Å². The van der Waals surface area contributed by atoms with Crippen molar-refractivity contribution in [2.45, 2.75) is 38.6 Å². The molecule has 0 heterocycles. The van der Waals surface area contributed by atoms with E-state index in [9.17, 15) is 18.5 Å². The van der Waals surface area contributed by atoms with Crippen molar-refractivity contribution < 1.29 is 13.3 Å². The number of aryl methyl sites for hydroxylation is 3. The molecule has 0 aliphatic heterocycles. The molecule has 0 fully saturated rings. The smallest absolute Gasteiger partial charge is 0.258 e. The first-order valence-corrected chi connectivity index (χ1v) is 8.94. The minimum absolute atomic E-state index is 0.114. The maximum atomic E-state index is 12.6. The average Bonchev–Trinajstić information content (AvgIpc) is 2.49. The molecule has 2 aromatic rings. The molecule has 0 radical (unpaired) electrons. The van der Waals surface area contributed by atoms with Crippen LogP contribution in [0.2, 0.25) is 0 Å². The molecule has 0 aliphatic rings. The number of sulfonamides is 1. The molecule has 0 spiro atoms. The van der Waals surface area contributed by atoms with Gasteiger partial charge in [-0.3, -0.25) is 10.1 Å². The number of nitro benzene ring substituents is 1. The van der Waals surface area contributed by atoms with E-state index in [-0.39, 0.29) is 10.6 Å². The highest BCUT2D eigenvalue weighted by Crippen LogP contribution is 2.25. The van der Waals surface area contributed by atoms with E-state index < -0.39 is 21.0 Å². The molecule has 0 aromatic heterocycles. The molecule has 0 saturated heterocycles. The molecule has 2 rings (SSSR count). The molecule has 0 saturated carbocycles. The molecular formula is C17H20N2O4S. The SMILES string of the molecule is Cc1ccc(C)c([C@@H](C)NS(=O)(=O)c2ccc(C)c([N+](=O)[O-])c2)c1. The number of hydrogen-bond acceptors (Lipinski definition) is 4. The Morgan fingerprint density at radius 3 is 2.29 bits per heavy atom. The van der Waals surface area contributed by atoms with Crippen LogP contribution in [0.1, 0.15) is 35.2 Å². The monoisotopic (exact) mass is 348 g/mol. The zero-order valence-corrected chi connectivity index (χ0v) is 14.8. The first-order valence-electron chi connectivity index (χ1n) is 7.46. The summed E-state index contributed by atoms with van der Waals surface area (Å²) in [7, 11) is -3.86. The van der Waals surface area contributed by atoms with Gasteiger partial charge in [-0.1, -0.05) is 29.8 Å². The van der Waals surface area contributed by atoms with Crippen molar-refractivity contribution in [3.05, 3.63) is 68.8 Å². The van der Waals surface area contributed by atoms with Crippen LogP contribution in [0.5, 0.6) is 0 Å². The van der Waals surface area contributed by atoms with E-state index in [2.05, 4.69) is 4.72 Å². The Hall–Kier alpha value is -2.25. The molecule has 0 unspecified atom stereocenters. The van der Waals surface area contributed by atoms with Gasteiger partial charge in [-0.25, -0.2) is 13.1 Å². The van der Waals surface area contributed by atoms with Crippen molar-refractivity contribution in [1.82, 2.24) is 4.72 Å². The summed E-state index contributed by atoms with van der Waals surface area (Å²) in [6, 6.07) is 9.29. The quantitative estimate of drug-likeness (QED) is 0.661. The van der Waals surface area contributed by atoms with Crippen molar-refractivity contribution in [2.75, 3.05) is 0 Å². The topological polar surface area (TPSA) is 89.3 Å². The first-order chi connectivity index (χ1) is 11.1. The number of nitrogens with zero attached hydrogens (tertiary/aromatic N) is 1. The van der Waals surface area contributed by atoms with Gasteiger partial charge >= 0.3 is 0 Å². The van der Waals surface area contributed by atoms with E-state index in [1.807, 2.05) is 32.0 Å². The second-order valence-corrected chi connectivity index (χ2v) is 7.62. The summed E-state index contributed by atoms with van der Waals surface area (Å²) in [4.78, 5) is 10.3. The second kappa shape index (κ2) is 6.70.